The van der Waals surface area contributed by atoms with Crippen molar-refractivity contribution >= 4 is 40.4 Å². The second-order valence-corrected chi connectivity index (χ2v) is 7.30. The minimum absolute atomic E-state index is 0.248. The van der Waals surface area contributed by atoms with E-state index in [0.717, 1.165) is 29.5 Å². The average molecular weight is 401 g/mol. The van der Waals surface area contributed by atoms with E-state index in [2.05, 4.69) is 20.2 Å². The van der Waals surface area contributed by atoms with Gasteiger partial charge >= 0.3 is 0 Å². The van der Waals surface area contributed by atoms with E-state index in [9.17, 15) is 4.79 Å². The number of morpholine rings is 1. The molecule has 8 heteroatoms. The van der Waals surface area contributed by atoms with Gasteiger partial charge in [0.25, 0.3) is 5.91 Å². The molecule has 6 nitrogen and oxygen atoms in total. The molecule has 3 heterocycles. The molecule has 1 aliphatic rings. The van der Waals surface area contributed by atoms with Gasteiger partial charge in [0.15, 0.2) is 0 Å². The highest BCUT2D eigenvalue weighted by atomic mass is 35.5. The van der Waals surface area contributed by atoms with Gasteiger partial charge in [-0.25, -0.2) is 9.97 Å². The van der Waals surface area contributed by atoms with Gasteiger partial charge in [-0.05, 0) is 36.4 Å². The fraction of sp³-hybridized carbons (Fsp3) is 0.211. The van der Waals surface area contributed by atoms with Gasteiger partial charge in [0.05, 0.1) is 13.2 Å². The largest absolute Gasteiger partial charge is 0.378 e. The van der Waals surface area contributed by atoms with E-state index >= 15 is 0 Å². The number of ether oxygens (including phenoxy) is 1. The molecular formula is C19H17ClN4O2S. The summed E-state index contributed by atoms with van der Waals surface area (Å²) in [6.07, 6.45) is 1.77. The number of carbonyl (C=O) groups is 1. The van der Waals surface area contributed by atoms with Crippen molar-refractivity contribution < 1.29 is 9.53 Å². The summed E-state index contributed by atoms with van der Waals surface area (Å²) >= 11 is 7.30. The lowest BCUT2D eigenvalue weighted by molar-refractivity contribution is 0.102. The van der Waals surface area contributed by atoms with Crippen LogP contribution in [0.3, 0.4) is 0 Å². The zero-order chi connectivity index (χ0) is 18.6. The number of pyridine rings is 1. The lowest BCUT2D eigenvalue weighted by Gasteiger charge is -2.27. The number of aromatic nitrogens is 2. The van der Waals surface area contributed by atoms with Crippen molar-refractivity contribution in [2.45, 2.75) is 0 Å². The van der Waals surface area contributed by atoms with Crippen LogP contribution in [0.5, 0.6) is 0 Å². The number of hydrogen-bond donors (Lipinski definition) is 1. The van der Waals surface area contributed by atoms with Crippen LogP contribution < -0.4 is 10.2 Å². The SMILES string of the molecule is O=C(Nc1ccc(Cl)cc1)c1csc(-c2ccnc(N3CCOCC3)c2)n1. The Hall–Kier alpha value is -2.48. The number of carbonyl (C=O) groups excluding carboxylic acids is 1. The highest BCUT2D eigenvalue weighted by molar-refractivity contribution is 7.13. The molecule has 0 atom stereocenters. The van der Waals surface area contributed by atoms with Gasteiger partial charge in [-0.15, -0.1) is 11.3 Å². The Morgan fingerprint density at radius 1 is 1.19 bits per heavy atom. The first-order chi connectivity index (χ1) is 13.2. The maximum Gasteiger partial charge on any atom is 0.275 e. The second kappa shape index (κ2) is 8.04. The molecule has 1 aliphatic heterocycles. The Bertz CT molecular complexity index is 939. The number of anilines is 2. The molecule has 27 heavy (non-hydrogen) atoms. The predicted octanol–water partition coefficient (Wildman–Crippen LogP) is 3.95. The highest BCUT2D eigenvalue weighted by Crippen LogP contribution is 2.27. The van der Waals surface area contributed by atoms with E-state index in [-0.39, 0.29) is 5.91 Å². The fourth-order valence-corrected chi connectivity index (χ4v) is 3.68. The van der Waals surface area contributed by atoms with E-state index < -0.39 is 0 Å². The molecule has 0 aliphatic carbocycles. The van der Waals surface area contributed by atoms with Crippen LogP contribution in [0.2, 0.25) is 5.02 Å². The lowest BCUT2D eigenvalue weighted by Crippen LogP contribution is -2.36. The number of rotatable bonds is 4. The third kappa shape index (κ3) is 4.27. The van der Waals surface area contributed by atoms with Crippen LogP contribution in [0.1, 0.15) is 10.5 Å². The normalized spacial score (nSPS) is 14.2. The summed E-state index contributed by atoms with van der Waals surface area (Å²) in [5.41, 5.74) is 2.01. The molecule has 0 saturated carbocycles. The lowest BCUT2D eigenvalue weighted by atomic mass is 10.2. The zero-order valence-electron chi connectivity index (χ0n) is 14.4. The molecule has 1 fully saturated rings. The highest BCUT2D eigenvalue weighted by Gasteiger charge is 2.16. The third-order valence-corrected chi connectivity index (χ3v) is 5.31. The molecule has 138 valence electrons. The van der Waals surface area contributed by atoms with Crippen LogP contribution >= 0.6 is 22.9 Å². The van der Waals surface area contributed by atoms with Gasteiger partial charge in [-0.1, -0.05) is 11.6 Å². The van der Waals surface area contributed by atoms with E-state index in [1.54, 1.807) is 35.8 Å². The quantitative estimate of drug-likeness (QED) is 0.718. The van der Waals surface area contributed by atoms with Crippen molar-refractivity contribution in [2.75, 3.05) is 36.5 Å². The van der Waals surface area contributed by atoms with Gasteiger partial charge in [0.1, 0.15) is 16.5 Å². The summed E-state index contributed by atoms with van der Waals surface area (Å²) in [7, 11) is 0. The van der Waals surface area contributed by atoms with E-state index in [4.69, 9.17) is 16.3 Å². The molecule has 0 bridgehead atoms. The molecule has 3 aromatic rings. The average Bonchev–Trinajstić information content (AvgIpc) is 3.21. The summed E-state index contributed by atoms with van der Waals surface area (Å²) in [5.74, 6) is 0.653. The number of benzene rings is 1. The Morgan fingerprint density at radius 3 is 2.74 bits per heavy atom. The van der Waals surface area contributed by atoms with Gasteiger partial charge in [-0.2, -0.15) is 0 Å². The van der Waals surface area contributed by atoms with Crippen LogP contribution in [0, 0.1) is 0 Å². The minimum Gasteiger partial charge on any atom is -0.378 e. The van der Waals surface area contributed by atoms with Gasteiger partial charge in [-0.3, -0.25) is 4.79 Å². The van der Waals surface area contributed by atoms with Gasteiger partial charge < -0.3 is 15.0 Å². The van der Waals surface area contributed by atoms with Crippen molar-refractivity contribution in [1.29, 1.82) is 0 Å². The first kappa shape index (κ1) is 17.9. The van der Waals surface area contributed by atoms with Crippen molar-refractivity contribution in [3.05, 3.63) is 58.7 Å². The van der Waals surface area contributed by atoms with Crippen LogP contribution in [0.25, 0.3) is 10.6 Å². The molecule has 1 aromatic carbocycles. The predicted molar refractivity (Wildman–Crippen MR) is 108 cm³/mol. The molecule has 1 amide bonds. The summed E-state index contributed by atoms with van der Waals surface area (Å²) < 4.78 is 5.39. The van der Waals surface area contributed by atoms with Crippen molar-refractivity contribution in [2.24, 2.45) is 0 Å². The topological polar surface area (TPSA) is 67.4 Å². The first-order valence-corrected chi connectivity index (χ1v) is 9.76. The summed E-state index contributed by atoms with van der Waals surface area (Å²) in [6.45, 7) is 3.06. The molecule has 1 N–H and O–H groups in total. The molecular weight excluding hydrogens is 384 g/mol. The van der Waals surface area contributed by atoms with E-state index in [1.165, 1.54) is 11.3 Å². The fourth-order valence-electron chi connectivity index (χ4n) is 2.76. The van der Waals surface area contributed by atoms with Crippen LogP contribution in [0.4, 0.5) is 11.5 Å². The Balaban J connectivity index is 1.50. The number of amides is 1. The van der Waals surface area contributed by atoms with Crippen LogP contribution in [-0.2, 0) is 4.74 Å². The Morgan fingerprint density at radius 2 is 1.96 bits per heavy atom. The molecule has 4 rings (SSSR count). The number of nitrogens with zero attached hydrogens (tertiary/aromatic N) is 3. The standard InChI is InChI=1S/C19H17ClN4O2S/c20-14-1-3-15(4-2-14)22-18(25)16-12-27-19(23-16)13-5-6-21-17(11-13)24-7-9-26-10-8-24/h1-6,11-12H,7-10H2,(H,22,25). The number of nitrogens with one attached hydrogen (secondary N) is 1. The van der Waals surface area contributed by atoms with Gasteiger partial charge in [0, 0.05) is 40.9 Å². The molecule has 0 radical (unpaired) electrons. The number of thiazole rings is 1. The molecule has 1 saturated heterocycles. The third-order valence-electron chi connectivity index (χ3n) is 4.17. The molecule has 2 aromatic heterocycles. The number of hydrogen-bond acceptors (Lipinski definition) is 6. The van der Waals surface area contributed by atoms with E-state index in [1.807, 2.05) is 12.1 Å². The van der Waals surface area contributed by atoms with Crippen molar-refractivity contribution in [1.82, 2.24) is 9.97 Å². The molecule has 0 unspecified atom stereocenters. The monoisotopic (exact) mass is 400 g/mol. The Kier molecular flexibility index (Phi) is 5.33. The zero-order valence-corrected chi connectivity index (χ0v) is 16.0. The molecule has 0 spiro atoms. The summed E-state index contributed by atoms with van der Waals surface area (Å²) in [4.78, 5) is 23.6. The number of halogens is 1. The minimum atomic E-state index is -0.248. The summed E-state index contributed by atoms with van der Waals surface area (Å²) in [6, 6.07) is 10.9. The second-order valence-electron chi connectivity index (χ2n) is 6.00. The van der Waals surface area contributed by atoms with Crippen LogP contribution in [-0.4, -0.2) is 42.2 Å². The maximum atomic E-state index is 12.4. The van der Waals surface area contributed by atoms with Crippen molar-refractivity contribution in [3.63, 3.8) is 0 Å². The Labute approximate surface area is 165 Å². The smallest absolute Gasteiger partial charge is 0.275 e. The van der Waals surface area contributed by atoms with E-state index in [0.29, 0.717) is 29.6 Å². The maximum absolute atomic E-state index is 12.4. The summed E-state index contributed by atoms with van der Waals surface area (Å²) in [5, 5.41) is 5.99. The van der Waals surface area contributed by atoms with Gasteiger partial charge in [0.2, 0.25) is 0 Å². The van der Waals surface area contributed by atoms with Crippen molar-refractivity contribution in [3.8, 4) is 10.6 Å². The first-order valence-electron chi connectivity index (χ1n) is 8.50. The van der Waals surface area contributed by atoms with Crippen LogP contribution in [0.15, 0.2) is 48.0 Å².